The van der Waals surface area contributed by atoms with Crippen LogP contribution in [0.4, 0.5) is 0 Å². The molecule has 0 spiro atoms. The topological polar surface area (TPSA) is 43.8 Å². The number of nitrogens with two attached hydrogens (primary N) is 1. The SMILES string of the molecule is Cn1cc(CC(N)C2C3C4CCC(C4)C23)cn1. The van der Waals surface area contributed by atoms with Crippen molar-refractivity contribution < 1.29 is 0 Å². The largest absolute Gasteiger partial charge is 0.327 e. The Bertz CT molecular complexity index is 422. The van der Waals surface area contributed by atoms with Gasteiger partial charge in [0.15, 0.2) is 0 Å². The van der Waals surface area contributed by atoms with Gasteiger partial charge in [-0.15, -0.1) is 0 Å². The lowest BCUT2D eigenvalue weighted by molar-refractivity contribution is 0.409. The van der Waals surface area contributed by atoms with Crippen molar-refractivity contribution >= 4 is 0 Å². The third-order valence-corrected chi connectivity index (χ3v) is 5.52. The molecule has 0 saturated heterocycles. The van der Waals surface area contributed by atoms with Crippen molar-refractivity contribution in [3.63, 3.8) is 0 Å². The first-order chi connectivity index (χ1) is 8.24. The minimum Gasteiger partial charge on any atom is -0.327 e. The van der Waals surface area contributed by atoms with E-state index >= 15 is 0 Å². The molecule has 0 aliphatic heterocycles. The summed E-state index contributed by atoms with van der Waals surface area (Å²) in [7, 11) is 1.97. The summed E-state index contributed by atoms with van der Waals surface area (Å²) in [5.74, 6) is 4.91. The van der Waals surface area contributed by atoms with Crippen molar-refractivity contribution in [2.24, 2.45) is 42.4 Å². The van der Waals surface area contributed by atoms with Crippen LogP contribution in [-0.2, 0) is 13.5 Å². The van der Waals surface area contributed by atoms with Gasteiger partial charge >= 0.3 is 0 Å². The number of hydrogen-bond donors (Lipinski definition) is 1. The molecule has 5 atom stereocenters. The Balaban J connectivity index is 1.44. The molecule has 3 nitrogen and oxygen atoms in total. The zero-order valence-corrected chi connectivity index (χ0v) is 10.4. The summed E-state index contributed by atoms with van der Waals surface area (Å²) in [6.45, 7) is 0. The summed E-state index contributed by atoms with van der Waals surface area (Å²) in [4.78, 5) is 0. The molecule has 17 heavy (non-hydrogen) atoms. The van der Waals surface area contributed by atoms with Crippen LogP contribution in [0.15, 0.2) is 12.4 Å². The van der Waals surface area contributed by atoms with Crippen LogP contribution in [0, 0.1) is 29.6 Å². The van der Waals surface area contributed by atoms with Gasteiger partial charge in [-0.3, -0.25) is 4.68 Å². The average molecular weight is 231 g/mol. The molecule has 2 bridgehead atoms. The maximum absolute atomic E-state index is 6.43. The maximum Gasteiger partial charge on any atom is 0.0522 e. The van der Waals surface area contributed by atoms with Gasteiger partial charge in [0.2, 0.25) is 0 Å². The van der Waals surface area contributed by atoms with Gasteiger partial charge in [-0.05, 0) is 60.8 Å². The van der Waals surface area contributed by atoms with Gasteiger partial charge in [0.1, 0.15) is 0 Å². The number of aryl methyl sites for hydroxylation is 1. The van der Waals surface area contributed by atoms with Crippen LogP contribution < -0.4 is 5.73 Å². The molecule has 1 aromatic heterocycles. The van der Waals surface area contributed by atoms with E-state index in [9.17, 15) is 0 Å². The molecule has 1 aromatic rings. The summed E-state index contributed by atoms with van der Waals surface area (Å²) in [6.07, 6.45) is 9.58. The Morgan fingerprint density at radius 2 is 2.12 bits per heavy atom. The molecule has 0 amide bonds. The molecule has 4 rings (SSSR count). The normalized spacial score (nSPS) is 43.8. The summed E-state index contributed by atoms with van der Waals surface area (Å²) in [5.41, 5.74) is 7.73. The number of aromatic nitrogens is 2. The number of fused-ring (bicyclic) bond motifs is 5. The third-order valence-electron chi connectivity index (χ3n) is 5.52. The number of rotatable bonds is 3. The van der Waals surface area contributed by atoms with Crippen LogP contribution in [0.5, 0.6) is 0 Å². The van der Waals surface area contributed by atoms with Crippen molar-refractivity contribution in [3.05, 3.63) is 18.0 Å². The van der Waals surface area contributed by atoms with E-state index in [1.165, 1.54) is 24.8 Å². The Morgan fingerprint density at radius 3 is 2.71 bits per heavy atom. The first kappa shape index (κ1) is 10.1. The van der Waals surface area contributed by atoms with Crippen LogP contribution in [0.3, 0.4) is 0 Å². The first-order valence-electron chi connectivity index (χ1n) is 6.97. The summed E-state index contributed by atoms with van der Waals surface area (Å²) in [5, 5.41) is 4.22. The minimum absolute atomic E-state index is 0.373. The van der Waals surface area contributed by atoms with Gasteiger partial charge in [-0.1, -0.05) is 0 Å². The van der Waals surface area contributed by atoms with E-state index in [4.69, 9.17) is 5.73 Å². The van der Waals surface area contributed by atoms with Crippen LogP contribution in [-0.4, -0.2) is 15.8 Å². The van der Waals surface area contributed by atoms with Gasteiger partial charge in [-0.25, -0.2) is 0 Å². The average Bonchev–Trinajstić information content (AvgIpc) is 2.65. The lowest BCUT2D eigenvalue weighted by Crippen LogP contribution is -2.28. The lowest BCUT2D eigenvalue weighted by Gasteiger charge is -2.15. The van der Waals surface area contributed by atoms with Gasteiger partial charge in [0.25, 0.3) is 0 Å². The van der Waals surface area contributed by atoms with Crippen LogP contribution in [0.2, 0.25) is 0 Å². The molecule has 0 radical (unpaired) electrons. The smallest absolute Gasteiger partial charge is 0.0522 e. The Hall–Kier alpha value is -0.830. The predicted octanol–water partition coefficient (Wildman–Crippen LogP) is 1.58. The molecule has 3 aliphatic carbocycles. The maximum atomic E-state index is 6.43. The second kappa shape index (κ2) is 3.35. The Labute approximate surface area is 102 Å². The molecule has 3 heteroatoms. The van der Waals surface area contributed by atoms with E-state index in [0.717, 1.165) is 36.0 Å². The first-order valence-corrected chi connectivity index (χ1v) is 6.97. The molecule has 92 valence electrons. The van der Waals surface area contributed by atoms with Gasteiger partial charge in [0, 0.05) is 19.3 Å². The van der Waals surface area contributed by atoms with Crippen molar-refractivity contribution in [2.45, 2.75) is 31.7 Å². The van der Waals surface area contributed by atoms with Gasteiger partial charge < -0.3 is 5.73 Å². The van der Waals surface area contributed by atoms with Crippen molar-refractivity contribution in [1.82, 2.24) is 9.78 Å². The second-order valence-corrected chi connectivity index (χ2v) is 6.46. The van der Waals surface area contributed by atoms with Crippen LogP contribution in [0.1, 0.15) is 24.8 Å². The van der Waals surface area contributed by atoms with E-state index < -0.39 is 0 Å². The fourth-order valence-corrected chi connectivity index (χ4v) is 4.95. The highest BCUT2D eigenvalue weighted by molar-refractivity contribution is 5.17. The van der Waals surface area contributed by atoms with E-state index in [1.807, 2.05) is 17.9 Å². The van der Waals surface area contributed by atoms with Crippen LogP contribution >= 0.6 is 0 Å². The fraction of sp³-hybridized carbons (Fsp3) is 0.786. The summed E-state index contributed by atoms with van der Waals surface area (Å²) < 4.78 is 1.87. The Kier molecular flexibility index (Phi) is 1.99. The molecule has 2 N–H and O–H groups in total. The molecule has 3 saturated carbocycles. The fourth-order valence-electron chi connectivity index (χ4n) is 4.95. The van der Waals surface area contributed by atoms with Crippen molar-refractivity contribution in [3.8, 4) is 0 Å². The summed E-state index contributed by atoms with van der Waals surface area (Å²) >= 11 is 0. The zero-order chi connectivity index (χ0) is 11.6. The number of nitrogens with zero attached hydrogens (tertiary/aromatic N) is 2. The molecular formula is C14H21N3. The minimum atomic E-state index is 0.373. The third kappa shape index (κ3) is 1.41. The molecule has 5 unspecified atom stereocenters. The van der Waals surface area contributed by atoms with E-state index in [-0.39, 0.29) is 0 Å². The molecule has 0 aromatic carbocycles. The zero-order valence-electron chi connectivity index (χ0n) is 10.4. The van der Waals surface area contributed by atoms with Crippen molar-refractivity contribution in [1.29, 1.82) is 0 Å². The van der Waals surface area contributed by atoms with Crippen LogP contribution in [0.25, 0.3) is 0 Å². The van der Waals surface area contributed by atoms with Gasteiger partial charge in [-0.2, -0.15) is 5.10 Å². The quantitative estimate of drug-likeness (QED) is 0.858. The van der Waals surface area contributed by atoms with Crippen molar-refractivity contribution in [2.75, 3.05) is 0 Å². The monoisotopic (exact) mass is 231 g/mol. The molecule has 3 aliphatic rings. The number of hydrogen-bond acceptors (Lipinski definition) is 2. The van der Waals surface area contributed by atoms with E-state index in [0.29, 0.717) is 6.04 Å². The predicted molar refractivity (Wildman–Crippen MR) is 66.2 cm³/mol. The van der Waals surface area contributed by atoms with Gasteiger partial charge in [0.05, 0.1) is 6.20 Å². The second-order valence-electron chi connectivity index (χ2n) is 6.46. The lowest BCUT2D eigenvalue weighted by atomic mass is 9.95. The molecular weight excluding hydrogens is 210 g/mol. The standard InChI is InChI=1S/C14H21N3/c1-17-7-8(6-16-17)4-11(15)14-12-9-2-3-10(5-9)13(12)14/h6-7,9-14H,2-5,15H2,1H3. The highest BCUT2D eigenvalue weighted by atomic mass is 15.2. The van der Waals surface area contributed by atoms with E-state index in [2.05, 4.69) is 11.3 Å². The Morgan fingerprint density at radius 1 is 1.41 bits per heavy atom. The highest BCUT2D eigenvalue weighted by Gasteiger charge is 2.65. The highest BCUT2D eigenvalue weighted by Crippen LogP contribution is 2.70. The molecule has 1 heterocycles. The summed E-state index contributed by atoms with van der Waals surface area (Å²) in [6, 6.07) is 0.373. The molecule has 3 fully saturated rings. The van der Waals surface area contributed by atoms with E-state index in [1.54, 1.807) is 0 Å².